The number of fused-ring (bicyclic) bond motifs is 1. The van der Waals surface area contributed by atoms with Crippen molar-refractivity contribution >= 4 is 17.3 Å². The van der Waals surface area contributed by atoms with Gasteiger partial charge < -0.3 is 15.4 Å². The van der Waals surface area contributed by atoms with Crippen LogP contribution in [-0.4, -0.2) is 18.6 Å². The number of hydrogen-bond donors (Lipinski definition) is 2. The van der Waals surface area contributed by atoms with Crippen molar-refractivity contribution in [1.82, 2.24) is 0 Å². The highest BCUT2D eigenvalue weighted by molar-refractivity contribution is 6.04. The number of para-hydroxylation sites is 1. The molecule has 0 spiro atoms. The molecule has 1 atom stereocenters. The zero-order chi connectivity index (χ0) is 10.8. The van der Waals surface area contributed by atoms with Gasteiger partial charge in [0.1, 0.15) is 17.5 Å². The molecule has 1 amide bonds. The number of amides is 1. The van der Waals surface area contributed by atoms with Crippen LogP contribution in [0.25, 0.3) is 0 Å². The van der Waals surface area contributed by atoms with Gasteiger partial charge in [0, 0.05) is 0 Å². The van der Waals surface area contributed by atoms with Gasteiger partial charge in [-0.15, -0.1) is 0 Å². The lowest BCUT2D eigenvalue weighted by atomic mass is 10.1. The van der Waals surface area contributed by atoms with Gasteiger partial charge in [-0.3, -0.25) is 4.79 Å². The van der Waals surface area contributed by atoms with E-state index in [0.717, 1.165) is 11.4 Å². The summed E-state index contributed by atoms with van der Waals surface area (Å²) in [5.74, 6) is 0.678. The molecular formula is C11H14N2O2. The Morgan fingerprint density at radius 1 is 1.47 bits per heavy atom. The summed E-state index contributed by atoms with van der Waals surface area (Å²) in [6.07, 6.45) is 0. The van der Waals surface area contributed by atoms with Crippen LogP contribution in [0.1, 0.15) is 13.8 Å². The maximum atomic E-state index is 11.5. The third-order valence-corrected chi connectivity index (χ3v) is 2.34. The number of carbonyl (C=O) groups is 1. The van der Waals surface area contributed by atoms with Crippen LogP contribution in [0.4, 0.5) is 11.4 Å². The summed E-state index contributed by atoms with van der Waals surface area (Å²) in [6.45, 7) is 4.33. The van der Waals surface area contributed by atoms with Crippen LogP contribution in [0.2, 0.25) is 0 Å². The summed E-state index contributed by atoms with van der Waals surface area (Å²) in [5, 5.41) is 5.95. The van der Waals surface area contributed by atoms with Gasteiger partial charge in [0.05, 0.1) is 12.3 Å². The first kappa shape index (κ1) is 9.83. The zero-order valence-electron chi connectivity index (χ0n) is 8.83. The van der Waals surface area contributed by atoms with E-state index >= 15 is 0 Å². The lowest BCUT2D eigenvalue weighted by molar-refractivity contribution is -0.116. The summed E-state index contributed by atoms with van der Waals surface area (Å²) in [7, 11) is 0. The average Bonchev–Trinajstić information content (AvgIpc) is 2.21. The molecule has 1 aliphatic heterocycles. The van der Waals surface area contributed by atoms with Gasteiger partial charge in [-0.05, 0) is 26.0 Å². The Bertz CT molecular complexity index is 376. The van der Waals surface area contributed by atoms with Gasteiger partial charge in [0.25, 0.3) is 0 Å². The first-order valence-electron chi connectivity index (χ1n) is 5.05. The average molecular weight is 206 g/mol. The first-order chi connectivity index (χ1) is 7.22. The largest absolute Gasteiger partial charge is 0.492 e. The predicted molar refractivity (Wildman–Crippen MR) is 59.3 cm³/mol. The molecule has 15 heavy (non-hydrogen) atoms. The maximum absolute atomic E-state index is 11.5. The molecule has 2 rings (SSSR count). The fraction of sp³-hybridized carbons (Fsp3) is 0.364. The molecule has 1 heterocycles. The lowest BCUT2D eigenvalue weighted by Crippen LogP contribution is -2.36. The van der Waals surface area contributed by atoms with E-state index in [1.54, 1.807) is 0 Å². The van der Waals surface area contributed by atoms with Crippen molar-refractivity contribution in [2.24, 2.45) is 0 Å². The van der Waals surface area contributed by atoms with Crippen LogP contribution >= 0.6 is 0 Å². The smallest absolute Gasteiger partial charge is 0.246 e. The van der Waals surface area contributed by atoms with Crippen molar-refractivity contribution in [3.05, 3.63) is 18.2 Å². The number of carbonyl (C=O) groups excluding carboxylic acids is 1. The fourth-order valence-corrected chi connectivity index (χ4v) is 1.59. The van der Waals surface area contributed by atoms with E-state index in [9.17, 15) is 4.79 Å². The fourth-order valence-electron chi connectivity index (χ4n) is 1.59. The van der Waals surface area contributed by atoms with E-state index in [0.29, 0.717) is 12.4 Å². The highest BCUT2D eigenvalue weighted by Crippen LogP contribution is 2.35. The number of hydrogen-bond acceptors (Lipinski definition) is 3. The summed E-state index contributed by atoms with van der Waals surface area (Å²) in [5.41, 5.74) is 1.65. The van der Waals surface area contributed by atoms with Crippen LogP contribution in [-0.2, 0) is 4.79 Å². The highest BCUT2D eigenvalue weighted by atomic mass is 16.5. The summed E-state index contributed by atoms with van der Waals surface area (Å²) >= 11 is 0. The van der Waals surface area contributed by atoms with Crippen LogP contribution < -0.4 is 15.4 Å². The van der Waals surface area contributed by atoms with Gasteiger partial charge in [0.2, 0.25) is 5.91 Å². The van der Waals surface area contributed by atoms with E-state index in [4.69, 9.17) is 4.74 Å². The Balaban J connectivity index is 2.38. The topological polar surface area (TPSA) is 50.4 Å². The molecule has 0 radical (unpaired) electrons. The summed E-state index contributed by atoms with van der Waals surface area (Å²) in [6, 6.07) is 5.48. The Labute approximate surface area is 88.6 Å². The van der Waals surface area contributed by atoms with E-state index in [1.165, 1.54) is 0 Å². The minimum atomic E-state index is -0.200. The number of nitrogens with one attached hydrogen (secondary N) is 2. The van der Waals surface area contributed by atoms with Crippen molar-refractivity contribution in [3.63, 3.8) is 0 Å². The minimum Gasteiger partial charge on any atom is -0.492 e. The molecule has 2 N–H and O–H groups in total. The second kappa shape index (κ2) is 3.81. The SMILES string of the molecule is CCOc1cccc2c1NC(=O)C(C)N2. The molecule has 0 aromatic heterocycles. The molecule has 1 aliphatic rings. The maximum Gasteiger partial charge on any atom is 0.246 e. The van der Waals surface area contributed by atoms with E-state index in [-0.39, 0.29) is 11.9 Å². The molecule has 80 valence electrons. The van der Waals surface area contributed by atoms with Crippen molar-refractivity contribution in [2.45, 2.75) is 19.9 Å². The second-order valence-corrected chi connectivity index (χ2v) is 3.47. The molecular weight excluding hydrogens is 192 g/mol. The standard InChI is InChI=1S/C11H14N2O2/c1-3-15-9-6-4-5-8-10(9)13-11(14)7(2)12-8/h4-7,12H,3H2,1-2H3,(H,13,14). The first-order valence-corrected chi connectivity index (χ1v) is 5.05. The van der Waals surface area contributed by atoms with Crippen molar-refractivity contribution in [2.75, 3.05) is 17.2 Å². The Kier molecular flexibility index (Phi) is 2.49. The predicted octanol–water partition coefficient (Wildman–Crippen LogP) is 1.84. The monoisotopic (exact) mass is 206 g/mol. The molecule has 0 saturated heterocycles. The van der Waals surface area contributed by atoms with Gasteiger partial charge >= 0.3 is 0 Å². The molecule has 4 nitrogen and oxygen atoms in total. The zero-order valence-corrected chi connectivity index (χ0v) is 8.83. The Morgan fingerprint density at radius 3 is 3.00 bits per heavy atom. The highest BCUT2D eigenvalue weighted by Gasteiger charge is 2.23. The second-order valence-electron chi connectivity index (χ2n) is 3.47. The van der Waals surface area contributed by atoms with Crippen LogP contribution in [0, 0.1) is 0 Å². The van der Waals surface area contributed by atoms with Gasteiger partial charge in [0.15, 0.2) is 0 Å². The Hall–Kier alpha value is -1.71. The summed E-state index contributed by atoms with van der Waals surface area (Å²) < 4.78 is 5.43. The van der Waals surface area contributed by atoms with Crippen LogP contribution in [0.5, 0.6) is 5.75 Å². The summed E-state index contributed by atoms with van der Waals surface area (Å²) in [4.78, 5) is 11.5. The molecule has 0 aliphatic carbocycles. The third-order valence-electron chi connectivity index (χ3n) is 2.34. The third kappa shape index (κ3) is 1.75. The molecule has 4 heteroatoms. The normalized spacial score (nSPS) is 18.8. The van der Waals surface area contributed by atoms with Crippen molar-refractivity contribution in [3.8, 4) is 5.75 Å². The van der Waals surface area contributed by atoms with Gasteiger partial charge in [-0.25, -0.2) is 0 Å². The molecule has 1 aromatic carbocycles. The quantitative estimate of drug-likeness (QED) is 0.776. The van der Waals surface area contributed by atoms with Gasteiger partial charge in [-0.2, -0.15) is 0 Å². The molecule has 1 aromatic rings. The van der Waals surface area contributed by atoms with Crippen molar-refractivity contribution in [1.29, 1.82) is 0 Å². The molecule has 1 unspecified atom stereocenters. The van der Waals surface area contributed by atoms with Crippen LogP contribution in [0.3, 0.4) is 0 Å². The van der Waals surface area contributed by atoms with E-state index < -0.39 is 0 Å². The number of rotatable bonds is 2. The van der Waals surface area contributed by atoms with Gasteiger partial charge in [-0.1, -0.05) is 6.07 Å². The number of ether oxygens (including phenoxy) is 1. The van der Waals surface area contributed by atoms with Crippen LogP contribution in [0.15, 0.2) is 18.2 Å². The molecule has 0 bridgehead atoms. The lowest BCUT2D eigenvalue weighted by Gasteiger charge is -2.25. The van der Waals surface area contributed by atoms with E-state index in [1.807, 2.05) is 32.0 Å². The molecule has 0 fully saturated rings. The number of benzene rings is 1. The Morgan fingerprint density at radius 2 is 2.27 bits per heavy atom. The molecule has 0 saturated carbocycles. The van der Waals surface area contributed by atoms with E-state index in [2.05, 4.69) is 10.6 Å². The number of anilines is 2. The minimum absolute atomic E-state index is 0.0327. The van der Waals surface area contributed by atoms with Crippen molar-refractivity contribution < 1.29 is 9.53 Å².